The summed E-state index contributed by atoms with van der Waals surface area (Å²) in [5.41, 5.74) is 3.40. The van der Waals surface area contributed by atoms with Crippen LogP contribution in [0.4, 0.5) is 11.8 Å². The number of nitrogens with two attached hydrogens (primary N) is 1. The number of hydrogen-bond donors (Lipinski definition) is 2. The van der Waals surface area contributed by atoms with Crippen LogP contribution in [0.3, 0.4) is 0 Å². The van der Waals surface area contributed by atoms with Crippen molar-refractivity contribution in [3.05, 3.63) is 11.8 Å². The number of aromatic nitrogens is 2. The molecule has 0 amide bonds. The van der Waals surface area contributed by atoms with E-state index in [1.807, 2.05) is 0 Å². The molecule has 16 heavy (non-hydrogen) atoms. The Balaban J connectivity index is 2.24. The third-order valence-corrected chi connectivity index (χ3v) is 2.60. The molecule has 0 bridgehead atoms. The highest BCUT2D eigenvalue weighted by atomic mass is 16.5. The maximum atomic E-state index is 5.38. The molecule has 3 N–H and O–H groups in total. The third kappa shape index (κ3) is 2.40. The lowest BCUT2D eigenvalue weighted by molar-refractivity contribution is 0.181. The molecule has 0 aromatic carbocycles. The second-order valence-corrected chi connectivity index (χ2v) is 3.82. The lowest BCUT2D eigenvalue weighted by atomic mass is 10.4. The largest absolute Gasteiger partial charge is 0.378 e. The van der Waals surface area contributed by atoms with Gasteiger partial charge in [0.1, 0.15) is 5.82 Å². The molecule has 6 nitrogen and oxygen atoms in total. The number of hydrogen-bond acceptors (Lipinski definition) is 6. The van der Waals surface area contributed by atoms with Crippen LogP contribution in [0.2, 0.25) is 0 Å². The average molecular weight is 223 g/mol. The zero-order valence-corrected chi connectivity index (χ0v) is 9.44. The zero-order valence-electron chi connectivity index (χ0n) is 9.44. The third-order valence-electron chi connectivity index (χ3n) is 2.60. The van der Waals surface area contributed by atoms with Gasteiger partial charge in [-0.25, -0.2) is 10.8 Å². The summed E-state index contributed by atoms with van der Waals surface area (Å²) in [4.78, 5) is 11.0. The van der Waals surface area contributed by atoms with Crippen molar-refractivity contribution in [1.82, 2.24) is 9.97 Å². The second kappa shape index (κ2) is 5.09. The molecule has 6 heteroatoms. The van der Waals surface area contributed by atoms with E-state index in [0.29, 0.717) is 12.4 Å². The van der Waals surface area contributed by atoms with E-state index in [9.17, 15) is 0 Å². The lowest BCUT2D eigenvalue weighted by Gasteiger charge is -2.16. The van der Waals surface area contributed by atoms with Gasteiger partial charge in [0.05, 0.1) is 12.3 Å². The van der Waals surface area contributed by atoms with Crippen LogP contribution in [0.1, 0.15) is 18.5 Å². The van der Waals surface area contributed by atoms with Crippen LogP contribution >= 0.6 is 0 Å². The molecule has 0 saturated carbocycles. The summed E-state index contributed by atoms with van der Waals surface area (Å²) in [6.45, 7) is 2.50. The standard InChI is InChI=1S/C10H17N5O/c1-16-7-8-6-9(14-11)13-10(12-8)15-4-2-3-5-15/h6H,2-5,7,11H2,1H3,(H,12,13,14). The summed E-state index contributed by atoms with van der Waals surface area (Å²) < 4.78 is 5.07. The first kappa shape index (κ1) is 11.1. The fourth-order valence-electron chi connectivity index (χ4n) is 1.84. The summed E-state index contributed by atoms with van der Waals surface area (Å²) >= 11 is 0. The van der Waals surface area contributed by atoms with Gasteiger partial charge in [0.2, 0.25) is 5.95 Å². The topological polar surface area (TPSA) is 76.3 Å². The molecule has 0 spiro atoms. The van der Waals surface area contributed by atoms with E-state index in [2.05, 4.69) is 20.3 Å². The number of methoxy groups -OCH3 is 1. The van der Waals surface area contributed by atoms with Crippen LogP contribution < -0.4 is 16.2 Å². The molecular weight excluding hydrogens is 206 g/mol. The lowest BCUT2D eigenvalue weighted by Crippen LogP contribution is -2.22. The van der Waals surface area contributed by atoms with Crippen LogP contribution in [0.25, 0.3) is 0 Å². The normalized spacial score (nSPS) is 15.5. The Bertz CT molecular complexity index is 351. The molecule has 1 aliphatic heterocycles. The molecule has 1 aromatic heterocycles. The molecule has 2 heterocycles. The predicted octanol–water partition coefficient (Wildman–Crippen LogP) is 0.509. The summed E-state index contributed by atoms with van der Waals surface area (Å²) in [6, 6.07) is 1.79. The quantitative estimate of drug-likeness (QED) is 0.572. The Morgan fingerprint density at radius 3 is 2.81 bits per heavy atom. The highest BCUT2D eigenvalue weighted by Crippen LogP contribution is 2.18. The molecule has 1 aliphatic rings. The smallest absolute Gasteiger partial charge is 0.227 e. The highest BCUT2D eigenvalue weighted by molar-refractivity contribution is 5.43. The molecule has 0 aliphatic carbocycles. The van der Waals surface area contributed by atoms with Crippen molar-refractivity contribution in [2.24, 2.45) is 5.84 Å². The summed E-state index contributed by atoms with van der Waals surface area (Å²) in [6.07, 6.45) is 2.40. The van der Waals surface area contributed by atoms with E-state index >= 15 is 0 Å². The number of hydrazine groups is 1. The van der Waals surface area contributed by atoms with Crippen molar-refractivity contribution in [1.29, 1.82) is 0 Å². The van der Waals surface area contributed by atoms with Crippen LogP contribution in [0.15, 0.2) is 6.07 Å². The first-order chi connectivity index (χ1) is 7.83. The molecule has 1 aromatic rings. The van der Waals surface area contributed by atoms with Gasteiger partial charge in [0.15, 0.2) is 0 Å². The molecule has 0 radical (unpaired) electrons. The summed E-state index contributed by atoms with van der Waals surface area (Å²) in [5.74, 6) is 6.75. The van der Waals surface area contributed by atoms with Crippen LogP contribution in [0.5, 0.6) is 0 Å². The maximum absolute atomic E-state index is 5.38. The Kier molecular flexibility index (Phi) is 3.53. The van der Waals surface area contributed by atoms with E-state index in [-0.39, 0.29) is 0 Å². The molecule has 2 rings (SSSR count). The molecule has 1 fully saturated rings. The van der Waals surface area contributed by atoms with Crippen molar-refractivity contribution >= 4 is 11.8 Å². The van der Waals surface area contributed by atoms with Crippen molar-refractivity contribution in [2.45, 2.75) is 19.4 Å². The predicted molar refractivity (Wildman–Crippen MR) is 62.0 cm³/mol. The van der Waals surface area contributed by atoms with Gasteiger partial charge < -0.3 is 15.1 Å². The van der Waals surface area contributed by atoms with Gasteiger partial charge >= 0.3 is 0 Å². The highest BCUT2D eigenvalue weighted by Gasteiger charge is 2.16. The number of ether oxygens (including phenoxy) is 1. The van der Waals surface area contributed by atoms with Gasteiger partial charge in [-0.1, -0.05) is 0 Å². The van der Waals surface area contributed by atoms with E-state index < -0.39 is 0 Å². The minimum atomic E-state index is 0.470. The fraction of sp³-hybridized carbons (Fsp3) is 0.600. The fourth-order valence-corrected chi connectivity index (χ4v) is 1.84. The van der Waals surface area contributed by atoms with E-state index in [4.69, 9.17) is 10.6 Å². The minimum absolute atomic E-state index is 0.470. The van der Waals surface area contributed by atoms with Gasteiger partial charge in [-0.05, 0) is 12.8 Å². The number of anilines is 2. The van der Waals surface area contributed by atoms with Gasteiger partial charge in [-0.3, -0.25) is 0 Å². The Labute approximate surface area is 94.8 Å². The zero-order chi connectivity index (χ0) is 11.4. The van der Waals surface area contributed by atoms with E-state index in [1.165, 1.54) is 12.8 Å². The number of nitrogens with one attached hydrogen (secondary N) is 1. The summed E-state index contributed by atoms with van der Waals surface area (Å²) in [5, 5.41) is 0. The Hall–Kier alpha value is -1.40. The van der Waals surface area contributed by atoms with Crippen LogP contribution in [-0.4, -0.2) is 30.2 Å². The van der Waals surface area contributed by atoms with Gasteiger partial charge in [0.25, 0.3) is 0 Å². The average Bonchev–Trinajstić information content (AvgIpc) is 2.82. The molecule has 88 valence electrons. The van der Waals surface area contributed by atoms with Crippen molar-refractivity contribution in [2.75, 3.05) is 30.5 Å². The van der Waals surface area contributed by atoms with Crippen LogP contribution in [-0.2, 0) is 11.3 Å². The minimum Gasteiger partial charge on any atom is -0.378 e. The number of nitrogen functional groups attached to an aromatic ring is 1. The van der Waals surface area contributed by atoms with Crippen molar-refractivity contribution in [3.8, 4) is 0 Å². The molecular formula is C10H17N5O. The number of nitrogens with zero attached hydrogens (tertiary/aromatic N) is 3. The van der Waals surface area contributed by atoms with Crippen molar-refractivity contribution in [3.63, 3.8) is 0 Å². The second-order valence-electron chi connectivity index (χ2n) is 3.82. The SMILES string of the molecule is COCc1cc(NN)nc(N2CCCC2)n1. The van der Waals surface area contributed by atoms with E-state index in [0.717, 1.165) is 24.7 Å². The molecule has 0 atom stereocenters. The van der Waals surface area contributed by atoms with Gasteiger partial charge in [-0.15, -0.1) is 0 Å². The summed E-state index contributed by atoms with van der Waals surface area (Å²) in [7, 11) is 1.65. The molecule has 0 unspecified atom stereocenters. The van der Waals surface area contributed by atoms with Gasteiger partial charge in [0, 0.05) is 26.3 Å². The number of rotatable bonds is 4. The maximum Gasteiger partial charge on any atom is 0.227 e. The monoisotopic (exact) mass is 223 g/mol. The first-order valence-electron chi connectivity index (χ1n) is 5.42. The van der Waals surface area contributed by atoms with Crippen LogP contribution in [0, 0.1) is 0 Å². The van der Waals surface area contributed by atoms with E-state index in [1.54, 1.807) is 13.2 Å². The Morgan fingerprint density at radius 2 is 2.19 bits per heavy atom. The van der Waals surface area contributed by atoms with Crippen molar-refractivity contribution < 1.29 is 4.74 Å². The Morgan fingerprint density at radius 1 is 1.44 bits per heavy atom. The van der Waals surface area contributed by atoms with Gasteiger partial charge in [-0.2, -0.15) is 4.98 Å². The molecule has 1 saturated heterocycles. The first-order valence-corrected chi connectivity index (χ1v) is 5.42.